The first-order valence-electron chi connectivity index (χ1n) is 8.42. The molecule has 2 aromatic rings. The molecule has 1 fully saturated rings. The van der Waals surface area contributed by atoms with Gasteiger partial charge in [0.1, 0.15) is 6.54 Å². The Morgan fingerprint density at radius 2 is 1.85 bits per heavy atom. The van der Waals surface area contributed by atoms with E-state index in [1.165, 1.54) is 4.68 Å². The highest BCUT2D eigenvalue weighted by Crippen LogP contribution is 2.20. The highest BCUT2D eigenvalue weighted by atomic mass is 16.4. The van der Waals surface area contributed by atoms with Crippen LogP contribution in [0.15, 0.2) is 42.7 Å². The molecule has 2 N–H and O–H groups in total. The van der Waals surface area contributed by atoms with E-state index in [4.69, 9.17) is 5.11 Å². The number of aliphatic carboxylic acids is 1. The van der Waals surface area contributed by atoms with E-state index in [1.54, 1.807) is 47.6 Å². The van der Waals surface area contributed by atoms with E-state index in [9.17, 15) is 14.4 Å². The van der Waals surface area contributed by atoms with E-state index < -0.39 is 5.97 Å². The number of hydrogen-bond acceptors (Lipinski definition) is 4. The number of rotatable bonds is 5. The number of carboxylic acids is 1. The fraction of sp³-hybridized carbons (Fsp3) is 0.333. The third-order valence-electron chi connectivity index (χ3n) is 4.41. The first kappa shape index (κ1) is 17.7. The smallest absolute Gasteiger partial charge is 0.306 e. The number of nitrogens with zero attached hydrogens (tertiary/aromatic N) is 3. The molecule has 0 unspecified atom stereocenters. The number of amides is 2. The van der Waals surface area contributed by atoms with Crippen molar-refractivity contribution in [2.75, 3.05) is 18.4 Å². The predicted molar refractivity (Wildman–Crippen MR) is 93.6 cm³/mol. The van der Waals surface area contributed by atoms with Gasteiger partial charge in [0.15, 0.2) is 0 Å². The van der Waals surface area contributed by atoms with Crippen molar-refractivity contribution in [3.63, 3.8) is 0 Å². The minimum absolute atomic E-state index is 0.117. The van der Waals surface area contributed by atoms with E-state index in [0.717, 1.165) is 0 Å². The fourth-order valence-corrected chi connectivity index (χ4v) is 2.95. The summed E-state index contributed by atoms with van der Waals surface area (Å²) >= 11 is 0. The van der Waals surface area contributed by atoms with Gasteiger partial charge in [-0.05, 0) is 43.2 Å². The molecule has 136 valence electrons. The van der Waals surface area contributed by atoms with Gasteiger partial charge in [-0.1, -0.05) is 0 Å². The van der Waals surface area contributed by atoms with Crippen molar-refractivity contribution in [1.82, 2.24) is 14.7 Å². The number of anilines is 1. The van der Waals surface area contributed by atoms with Gasteiger partial charge in [-0.2, -0.15) is 5.10 Å². The molecule has 0 aliphatic carbocycles. The zero-order valence-electron chi connectivity index (χ0n) is 14.2. The normalized spacial score (nSPS) is 14.8. The number of carbonyl (C=O) groups excluding carboxylic acids is 2. The lowest BCUT2D eigenvalue weighted by Gasteiger charge is -2.30. The molecule has 0 radical (unpaired) electrons. The van der Waals surface area contributed by atoms with Gasteiger partial charge in [0.25, 0.3) is 5.91 Å². The van der Waals surface area contributed by atoms with Crippen molar-refractivity contribution in [1.29, 1.82) is 0 Å². The minimum atomic E-state index is -0.799. The van der Waals surface area contributed by atoms with E-state index >= 15 is 0 Å². The number of benzene rings is 1. The summed E-state index contributed by atoms with van der Waals surface area (Å²) in [4.78, 5) is 37.1. The van der Waals surface area contributed by atoms with E-state index in [1.807, 2.05) is 0 Å². The molecule has 1 aliphatic rings. The Bertz CT molecular complexity index is 778. The molecule has 2 heterocycles. The Hall–Kier alpha value is -3.16. The predicted octanol–water partition coefficient (Wildman–Crippen LogP) is 1.46. The molecule has 8 heteroatoms. The Morgan fingerprint density at radius 1 is 1.15 bits per heavy atom. The van der Waals surface area contributed by atoms with Gasteiger partial charge in [0.05, 0.1) is 5.92 Å². The zero-order valence-corrected chi connectivity index (χ0v) is 14.2. The molecule has 3 rings (SSSR count). The number of likely N-dealkylation sites (tertiary alicyclic amines) is 1. The average Bonchev–Trinajstić information content (AvgIpc) is 3.14. The zero-order chi connectivity index (χ0) is 18.5. The maximum Gasteiger partial charge on any atom is 0.306 e. The molecule has 26 heavy (non-hydrogen) atoms. The second-order valence-corrected chi connectivity index (χ2v) is 6.23. The number of hydrogen-bond donors (Lipinski definition) is 2. The summed E-state index contributed by atoms with van der Waals surface area (Å²) in [6.45, 7) is 1.00. The molecule has 1 aromatic carbocycles. The van der Waals surface area contributed by atoms with E-state index in [0.29, 0.717) is 37.2 Å². The molecule has 0 spiro atoms. The van der Waals surface area contributed by atoms with Gasteiger partial charge in [-0.15, -0.1) is 0 Å². The van der Waals surface area contributed by atoms with E-state index in [2.05, 4.69) is 10.4 Å². The topological polar surface area (TPSA) is 105 Å². The van der Waals surface area contributed by atoms with Gasteiger partial charge >= 0.3 is 5.97 Å². The Balaban J connectivity index is 1.54. The monoisotopic (exact) mass is 356 g/mol. The summed E-state index contributed by atoms with van der Waals surface area (Å²) < 4.78 is 1.52. The van der Waals surface area contributed by atoms with Crippen molar-refractivity contribution in [3.05, 3.63) is 48.3 Å². The first-order chi connectivity index (χ1) is 12.5. The minimum Gasteiger partial charge on any atom is -0.481 e. The van der Waals surface area contributed by atoms with Crippen molar-refractivity contribution in [2.45, 2.75) is 19.4 Å². The van der Waals surface area contributed by atoms with Crippen LogP contribution in [0.25, 0.3) is 0 Å². The molecule has 0 atom stereocenters. The largest absolute Gasteiger partial charge is 0.481 e. The van der Waals surface area contributed by atoms with Crippen molar-refractivity contribution in [3.8, 4) is 0 Å². The molecular weight excluding hydrogens is 336 g/mol. The second-order valence-electron chi connectivity index (χ2n) is 6.23. The number of aromatic nitrogens is 2. The maximum atomic E-state index is 12.5. The fourth-order valence-electron chi connectivity index (χ4n) is 2.95. The summed E-state index contributed by atoms with van der Waals surface area (Å²) in [6.07, 6.45) is 4.26. The molecule has 8 nitrogen and oxygen atoms in total. The maximum absolute atomic E-state index is 12.5. The molecular formula is C18H20N4O4. The number of carboxylic acid groups (broad SMARTS) is 1. The molecule has 1 aromatic heterocycles. The van der Waals surface area contributed by atoms with Gasteiger partial charge < -0.3 is 15.3 Å². The lowest BCUT2D eigenvalue weighted by Crippen LogP contribution is -2.40. The van der Waals surface area contributed by atoms with Crippen molar-refractivity contribution >= 4 is 23.5 Å². The average molecular weight is 356 g/mol. The molecule has 0 bridgehead atoms. The van der Waals surface area contributed by atoms with Crippen molar-refractivity contribution < 1.29 is 19.5 Å². The summed E-state index contributed by atoms with van der Waals surface area (Å²) in [5.41, 5.74) is 1.12. The molecule has 1 aliphatic heterocycles. The Labute approximate surface area is 150 Å². The van der Waals surface area contributed by atoms with Crippen LogP contribution < -0.4 is 5.32 Å². The molecule has 2 amide bonds. The van der Waals surface area contributed by atoms with Gasteiger partial charge in [0.2, 0.25) is 5.91 Å². The van der Waals surface area contributed by atoms with Crippen LogP contribution in [0.5, 0.6) is 0 Å². The van der Waals surface area contributed by atoms with Crippen LogP contribution in [-0.2, 0) is 16.1 Å². The SMILES string of the molecule is O=C(Cn1cccn1)Nc1ccc(C(=O)N2CCC(C(=O)O)CC2)cc1. The number of carbonyl (C=O) groups is 3. The highest BCUT2D eigenvalue weighted by molar-refractivity contribution is 5.96. The summed E-state index contributed by atoms with van der Waals surface area (Å²) in [6, 6.07) is 8.42. The number of piperidine rings is 1. The van der Waals surface area contributed by atoms with Crippen LogP contribution in [0.2, 0.25) is 0 Å². The second kappa shape index (κ2) is 7.81. The van der Waals surface area contributed by atoms with Crippen LogP contribution in [0.4, 0.5) is 5.69 Å². The third kappa shape index (κ3) is 4.27. The van der Waals surface area contributed by atoms with Crippen LogP contribution in [0, 0.1) is 5.92 Å². The Morgan fingerprint density at radius 3 is 2.42 bits per heavy atom. The van der Waals surface area contributed by atoms with Gasteiger partial charge in [0, 0.05) is 36.7 Å². The number of nitrogens with one attached hydrogen (secondary N) is 1. The molecule has 0 saturated carbocycles. The van der Waals surface area contributed by atoms with Crippen LogP contribution in [0.3, 0.4) is 0 Å². The highest BCUT2D eigenvalue weighted by Gasteiger charge is 2.27. The molecule has 1 saturated heterocycles. The lowest BCUT2D eigenvalue weighted by atomic mass is 9.96. The lowest BCUT2D eigenvalue weighted by molar-refractivity contribution is -0.143. The van der Waals surface area contributed by atoms with Gasteiger partial charge in [-0.3, -0.25) is 19.1 Å². The van der Waals surface area contributed by atoms with Crippen LogP contribution >= 0.6 is 0 Å². The van der Waals surface area contributed by atoms with Crippen molar-refractivity contribution in [2.24, 2.45) is 5.92 Å². The van der Waals surface area contributed by atoms with E-state index in [-0.39, 0.29) is 24.3 Å². The summed E-state index contributed by atoms with van der Waals surface area (Å²) in [5, 5.41) is 15.7. The summed E-state index contributed by atoms with van der Waals surface area (Å²) in [5.74, 6) is -1.49. The first-order valence-corrected chi connectivity index (χ1v) is 8.42. The standard InChI is InChI=1S/C18H20N4O4/c23-16(12-22-9-1-8-19-22)20-15-4-2-13(3-5-15)17(24)21-10-6-14(7-11-21)18(25)26/h1-5,8-9,14H,6-7,10-12H2,(H,20,23)(H,25,26). The summed E-state index contributed by atoms with van der Waals surface area (Å²) in [7, 11) is 0. The quantitative estimate of drug-likeness (QED) is 0.844. The third-order valence-corrected chi connectivity index (χ3v) is 4.41. The van der Waals surface area contributed by atoms with Crippen LogP contribution in [-0.4, -0.2) is 50.7 Å². The Kier molecular flexibility index (Phi) is 5.31. The van der Waals surface area contributed by atoms with Gasteiger partial charge in [-0.25, -0.2) is 0 Å². The van der Waals surface area contributed by atoms with Crippen LogP contribution in [0.1, 0.15) is 23.2 Å².